The van der Waals surface area contributed by atoms with Crippen LogP contribution in [-0.4, -0.2) is 17.5 Å². The Bertz CT molecular complexity index is 597. The zero-order valence-corrected chi connectivity index (χ0v) is 12.0. The van der Waals surface area contributed by atoms with Crippen LogP contribution in [0.3, 0.4) is 0 Å². The van der Waals surface area contributed by atoms with E-state index in [2.05, 4.69) is 10.3 Å². The van der Waals surface area contributed by atoms with Crippen LogP contribution in [0.4, 0.5) is 4.39 Å². The van der Waals surface area contributed by atoms with Crippen LogP contribution in [0.15, 0.2) is 42.6 Å². The van der Waals surface area contributed by atoms with Gasteiger partial charge in [-0.1, -0.05) is 12.1 Å². The van der Waals surface area contributed by atoms with Gasteiger partial charge in [-0.2, -0.15) is 0 Å². The van der Waals surface area contributed by atoms with Crippen molar-refractivity contribution in [2.24, 2.45) is 0 Å². The Morgan fingerprint density at radius 1 is 1.29 bits per heavy atom. The van der Waals surface area contributed by atoms with Gasteiger partial charge in [-0.05, 0) is 43.7 Å². The minimum Gasteiger partial charge on any atom is -0.482 e. The number of rotatable bonds is 5. The van der Waals surface area contributed by atoms with Crippen molar-refractivity contribution in [2.75, 3.05) is 6.61 Å². The van der Waals surface area contributed by atoms with Crippen LogP contribution in [0.25, 0.3) is 0 Å². The summed E-state index contributed by atoms with van der Waals surface area (Å²) >= 11 is 0. The molecule has 0 aliphatic carbocycles. The third kappa shape index (κ3) is 4.56. The molecule has 5 heteroatoms. The molecule has 2 aromatic rings. The average molecular weight is 288 g/mol. The van der Waals surface area contributed by atoms with Crippen molar-refractivity contribution in [2.45, 2.75) is 19.9 Å². The first-order chi connectivity index (χ1) is 10.0. The molecule has 0 radical (unpaired) electrons. The van der Waals surface area contributed by atoms with Crippen molar-refractivity contribution in [3.63, 3.8) is 0 Å². The molecule has 0 bridgehead atoms. The van der Waals surface area contributed by atoms with E-state index in [0.717, 1.165) is 11.3 Å². The van der Waals surface area contributed by atoms with Gasteiger partial charge in [-0.3, -0.25) is 9.78 Å². The van der Waals surface area contributed by atoms with Crippen LogP contribution in [-0.2, 0) is 4.79 Å². The Hall–Kier alpha value is -2.43. The summed E-state index contributed by atoms with van der Waals surface area (Å²) in [5, 5.41) is 2.79. The lowest BCUT2D eigenvalue weighted by molar-refractivity contribution is -0.123. The molecule has 4 nitrogen and oxygen atoms in total. The molecule has 0 saturated carbocycles. The summed E-state index contributed by atoms with van der Waals surface area (Å²) in [7, 11) is 0. The maximum atomic E-state index is 12.8. The number of aryl methyl sites for hydroxylation is 1. The Morgan fingerprint density at radius 3 is 2.62 bits per heavy atom. The number of pyridine rings is 1. The van der Waals surface area contributed by atoms with Crippen molar-refractivity contribution >= 4 is 5.91 Å². The summed E-state index contributed by atoms with van der Waals surface area (Å²) < 4.78 is 18.2. The molecule has 1 aromatic heterocycles. The van der Waals surface area contributed by atoms with Crippen LogP contribution < -0.4 is 10.1 Å². The standard InChI is InChI=1S/C16H17FN2O2/c1-11-3-8-15(9-18-11)21-10-16(20)19-12(2)13-4-6-14(17)7-5-13/h3-9,12H,10H2,1-2H3,(H,19,20). The third-order valence-electron chi connectivity index (χ3n) is 3.00. The number of benzene rings is 1. The first kappa shape index (κ1) is 15.0. The molecule has 0 fully saturated rings. The molecule has 0 saturated heterocycles. The Balaban J connectivity index is 1.83. The zero-order valence-electron chi connectivity index (χ0n) is 12.0. The van der Waals surface area contributed by atoms with Crippen molar-refractivity contribution in [3.8, 4) is 5.75 Å². The Kier molecular flexibility index (Phi) is 4.87. The first-order valence-electron chi connectivity index (χ1n) is 6.65. The summed E-state index contributed by atoms with van der Waals surface area (Å²) in [5.74, 6) is 0.00469. The zero-order chi connectivity index (χ0) is 15.2. The second-order valence-electron chi connectivity index (χ2n) is 4.76. The molecule has 1 aromatic carbocycles. The fraction of sp³-hybridized carbons (Fsp3) is 0.250. The van der Waals surface area contributed by atoms with Gasteiger partial charge < -0.3 is 10.1 Å². The van der Waals surface area contributed by atoms with Crippen molar-refractivity contribution < 1.29 is 13.9 Å². The molecule has 21 heavy (non-hydrogen) atoms. The maximum absolute atomic E-state index is 12.8. The SMILES string of the molecule is Cc1ccc(OCC(=O)NC(C)c2ccc(F)cc2)cn1. The van der Waals surface area contributed by atoms with E-state index in [1.54, 1.807) is 24.4 Å². The monoisotopic (exact) mass is 288 g/mol. The van der Waals surface area contributed by atoms with Gasteiger partial charge in [0.05, 0.1) is 12.2 Å². The summed E-state index contributed by atoms with van der Waals surface area (Å²) in [6, 6.07) is 9.39. The lowest BCUT2D eigenvalue weighted by Gasteiger charge is -2.14. The first-order valence-corrected chi connectivity index (χ1v) is 6.65. The van der Waals surface area contributed by atoms with E-state index in [1.165, 1.54) is 12.1 Å². The van der Waals surface area contributed by atoms with E-state index in [-0.39, 0.29) is 24.4 Å². The highest BCUT2D eigenvalue weighted by atomic mass is 19.1. The Morgan fingerprint density at radius 2 is 2.00 bits per heavy atom. The van der Waals surface area contributed by atoms with Gasteiger partial charge in [-0.25, -0.2) is 4.39 Å². The molecule has 110 valence electrons. The minimum atomic E-state index is -0.299. The summed E-state index contributed by atoms with van der Waals surface area (Å²) in [4.78, 5) is 15.9. The molecule has 0 aliphatic rings. The topological polar surface area (TPSA) is 51.2 Å². The quantitative estimate of drug-likeness (QED) is 0.920. The molecule has 1 amide bonds. The normalized spacial score (nSPS) is 11.8. The minimum absolute atomic E-state index is 0.0870. The van der Waals surface area contributed by atoms with Crippen molar-refractivity contribution in [1.29, 1.82) is 0 Å². The number of carbonyl (C=O) groups is 1. The van der Waals surface area contributed by atoms with Gasteiger partial charge in [0.1, 0.15) is 11.6 Å². The van der Waals surface area contributed by atoms with Crippen LogP contribution in [0, 0.1) is 12.7 Å². The number of nitrogens with zero attached hydrogens (tertiary/aromatic N) is 1. The predicted molar refractivity (Wildman–Crippen MR) is 77.4 cm³/mol. The molecule has 0 aliphatic heterocycles. The highest BCUT2D eigenvalue weighted by molar-refractivity contribution is 5.78. The lowest BCUT2D eigenvalue weighted by atomic mass is 10.1. The average Bonchev–Trinajstić information content (AvgIpc) is 2.47. The second-order valence-corrected chi connectivity index (χ2v) is 4.76. The smallest absolute Gasteiger partial charge is 0.258 e. The molecule has 2 rings (SSSR count). The highest BCUT2D eigenvalue weighted by Gasteiger charge is 2.10. The number of halogens is 1. The summed E-state index contributed by atoms with van der Waals surface area (Å²) in [6.07, 6.45) is 1.58. The van der Waals surface area contributed by atoms with E-state index in [0.29, 0.717) is 5.75 Å². The molecule has 1 heterocycles. The molecular weight excluding hydrogens is 271 g/mol. The van der Waals surface area contributed by atoms with Gasteiger partial charge >= 0.3 is 0 Å². The van der Waals surface area contributed by atoms with E-state index in [1.807, 2.05) is 19.9 Å². The lowest BCUT2D eigenvalue weighted by Crippen LogP contribution is -2.31. The van der Waals surface area contributed by atoms with Gasteiger partial charge in [0.15, 0.2) is 6.61 Å². The summed E-state index contributed by atoms with van der Waals surface area (Å²) in [6.45, 7) is 3.62. The van der Waals surface area contributed by atoms with E-state index in [4.69, 9.17) is 4.74 Å². The van der Waals surface area contributed by atoms with Gasteiger partial charge in [0.2, 0.25) is 0 Å². The molecule has 1 N–H and O–H groups in total. The summed E-state index contributed by atoms with van der Waals surface area (Å²) in [5.41, 5.74) is 1.72. The largest absolute Gasteiger partial charge is 0.482 e. The van der Waals surface area contributed by atoms with Crippen LogP contribution in [0.1, 0.15) is 24.2 Å². The highest BCUT2D eigenvalue weighted by Crippen LogP contribution is 2.13. The number of ether oxygens (including phenoxy) is 1. The maximum Gasteiger partial charge on any atom is 0.258 e. The molecule has 0 spiro atoms. The van der Waals surface area contributed by atoms with E-state index >= 15 is 0 Å². The number of nitrogens with one attached hydrogen (secondary N) is 1. The number of aromatic nitrogens is 1. The second kappa shape index (κ2) is 6.83. The molecular formula is C16H17FN2O2. The van der Waals surface area contributed by atoms with Gasteiger partial charge in [0.25, 0.3) is 5.91 Å². The van der Waals surface area contributed by atoms with Gasteiger partial charge in [0, 0.05) is 5.69 Å². The van der Waals surface area contributed by atoms with Crippen molar-refractivity contribution in [3.05, 3.63) is 59.7 Å². The number of hydrogen-bond donors (Lipinski definition) is 1. The fourth-order valence-corrected chi connectivity index (χ4v) is 1.81. The molecule has 1 atom stereocenters. The van der Waals surface area contributed by atoms with Crippen LogP contribution in [0.2, 0.25) is 0 Å². The molecule has 1 unspecified atom stereocenters. The third-order valence-corrected chi connectivity index (χ3v) is 3.00. The number of carbonyl (C=O) groups excluding carboxylic acids is 1. The van der Waals surface area contributed by atoms with Crippen molar-refractivity contribution in [1.82, 2.24) is 10.3 Å². The van der Waals surface area contributed by atoms with Crippen LogP contribution >= 0.6 is 0 Å². The van der Waals surface area contributed by atoms with E-state index < -0.39 is 0 Å². The fourth-order valence-electron chi connectivity index (χ4n) is 1.81. The van der Waals surface area contributed by atoms with Crippen LogP contribution in [0.5, 0.6) is 5.75 Å². The van der Waals surface area contributed by atoms with Gasteiger partial charge in [-0.15, -0.1) is 0 Å². The Labute approximate surface area is 123 Å². The van der Waals surface area contributed by atoms with E-state index in [9.17, 15) is 9.18 Å². The predicted octanol–water partition coefficient (Wildman–Crippen LogP) is 2.79. The number of hydrogen-bond acceptors (Lipinski definition) is 3. The number of amides is 1.